The molecule has 20 heavy (non-hydrogen) atoms. The number of benzene rings is 1. The highest BCUT2D eigenvalue weighted by molar-refractivity contribution is 5.36. The molecule has 3 heteroatoms. The van der Waals surface area contributed by atoms with Gasteiger partial charge in [0.1, 0.15) is 18.1 Å². The van der Waals surface area contributed by atoms with Crippen LogP contribution in [0.3, 0.4) is 0 Å². The topological polar surface area (TPSA) is 31.4 Å². The molecule has 0 saturated heterocycles. The van der Waals surface area contributed by atoms with Gasteiger partial charge in [-0.15, -0.1) is 0 Å². The standard InChI is InChI=1S/C17H21NO2/c1-12(2)16-7-5-6-8-17(16)20-11-14-10-15(19-4)9-13(3)18-14/h5-10,12H,11H2,1-4H3. The maximum atomic E-state index is 5.92. The molecule has 0 saturated carbocycles. The van der Waals surface area contributed by atoms with Gasteiger partial charge in [-0.25, -0.2) is 0 Å². The first-order chi connectivity index (χ1) is 9.60. The fourth-order valence-corrected chi connectivity index (χ4v) is 2.14. The Morgan fingerprint density at radius 2 is 1.90 bits per heavy atom. The molecule has 1 aromatic heterocycles. The van der Waals surface area contributed by atoms with Gasteiger partial charge in [0.15, 0.2) is 0 Å². The van der Waals surface area contributed by atoms with E-state index in [0.29, 0.717) is 12.5 Å². The van der Waals surface area contributed by atoms with Crippen LogP contribution < -0.4 is 9.47 Å². The van der Waals surface area contributed by atoms with Gasteiger partial charge in [0.25, 0.3) is 0 Å². The largest absolute Gasteiger partial charge is 0.497 e. The Labute approximate surface area is 120 Å². The molecule has 0 aliphatic rings. The summed E-state index contributed by atoms with van der Waals surface area (Å²) in [5, 5.41) is 0. The summed E-state index contributed by atoms with van der Waals surface area (Å²) in [4.78, 5) is 4.47. The molecule has 1 heterocycles. The zero-order valence-electron chi connectivity index (χ0n) is 12.5. The monoisotopic (exact) mass is 271 g/mol. The molecular formula is C17H21NO2. The molecule has 0 aliphatic carbocycles. The number of nitrogens with zero attached hydrogens (tertiary/aromatic N) is 1. The zero-order valence-corrected chi connectivity index (χ0v) is 12.5. The van der Waals surface area contributed by atoms with E-state index in [4.69, 9.17) is 9.47 Å². The van der Waals surface area contributed by atoms with Crippen LogP contribution in [0, 0.1) is 6.92 Å². The first kappa shape index (κ1) is 14.4. The SMILES string of the molecule is COc1cc(C)nc(COc2ccccc2C(C)C)c1. The maximum Gasteiger partial charge on any atom is 0.130 e. The van der Waals surface area contributed by atoms with Crippen molar-refractivity contribution in [3.8, 4) is 11.5 Å². The first-order valence-electron chi connectivity index (χ1n) is 6.83. The molecule has 0 bridgehead atoms. The van der Waals surface area contributed by atoms with E-state index in [1.165, 1.54) is 5.56 Å². The molecule has 0 atom stereocenters. The van der Waals surface area contributed by atoms with Crippen molar-refractivity contribution < 1.29 is 9.47 Å². The minimum Gasteiger partial charge on any atom is -0.497 e. The van der Waals surface area contributed by atoms with Crippen LogP contribution in [0.5, 0.6) is 11.5 Å². The second-order valence-electron chi connectivity index (χ2n) is 5.12. The van der Waals surface area contributed by atoms with Crippen LogP contribution >= 0.6 is 0 Å². The van der Waals surface area contributed by atoms with E-state index in [-0.39, 0.29) is 0 Å². The number of methoxy groups -OCH3 is 1. The van der Waals surface area contributed by atoms with Crippen molar-refractivity contribution >= 4 is 0 Å². The Balaban J connectivity index is 2.15. The number of ether oxygens (including phenoxy) is 2. The molecule has 0 aliphatic heterocycles. The normalized spacial score (nSPS) is 10.7. The molecule has 3 nitrogen and oxygen atoms in total. The number of hydrogen-bond donors (Lipinski definition) is 0. The predicted molar refractivity (Wildman–Crippen MR) is 80.4 cm³/mol. The summed E-state index contributed by atoms with van der Waals surface area (Å²) in [5.74, 6) is 2.17. The lowest BCUT2D eigenvalue weighted by Crippen LogP contribution is -2.02. The summed E-state index contributed by atoms with van der Waals surface area (Å²) < 4.78 is 11.2. The highest BCUT2D eigenvalue weighted by atomic mass is 16.5. The van der Waals surface area contributed by atoms with Gasteiger partial charge in [-0.2, -0.15) is 0 Å². The molecular weight excluding hydrogens is 250 g/mol. The lowest BCUT2D eigenvalue weighted by molar-refractivity contribution is 0.295. The van der Waals surface area contributed by atoms with Gasteiger partial charge in [-0.1, -0.05) is 32.0 Å². The average Bonchev–Trinajstić information content (AvgIpc) is 2.44. The van der Waals surface area contributed by atoms with Crippen LogP contribution in [0.15, 0.2) is 36.4 Å². The van der Waals surface area contributed by atoms with Crippen molar-refractivity contribution in [1.29, 1.82) is 0 Å². The van der Waals surface area contributed by atoms with Crippen molar-refractivity contribution in [3.05, 3.63) is 53.3 Å². The van der Waals surface area contributed by atoms with Gasteiger partial charge in [0, 0.05) is 17.8 Å². The highest BCUT2D eigenvalue weighted by Crippen LogP contribution is 2.26. The van der Waals surface area contributed by atoms with E-state index in [1.807, 2.05) is 37.3 Å². The van der Waals surface area contributed by atoms with E-state index >= 15 is 0 Å². The summed E-state index contributed by atoms with van der Waals surface area (Å²) in [6.45, 7) is 6.72. The van der Waals surface area contributed by atoms with E-state index in [2.05, 4.69) is 24.9 Å². The van der Waals surface area contributed by atoms with Crippen molar-refractivity contribution in [3.63, 3.8) is 0 Å². The Hall–Kier alpha value is -2.03. The van der Waals surface area contributed by atoms with Gasteiger partial charge < -0.3 is 9.47 Å². The van der Waals surface area contributed by atoms with Crippen LogP contribution in [0.25, 0.3) is 0 Å². The maximum absolute atomic E-state index is 5.92. The third-order valence-corrected chi connectivity index (χ3v) is 3.13. The van der Waals surface area contributed by atoms with Gasteiger partial charge >= 0.3 is 0 Å². The summed E-state index contributed by atoms with van der Waals surface area (Å²) >= 11 is 0. The lowest BCUT2D eigenvalue weighted by Gasteiger charge is -2.14. The van der Waals surface area contributed by atoms with E-state index in [9.17, 15) is 0 Å². The predicted octanol–water partition coefficient (Wildman–Crippen LogP) is 4.10. The number of para-hydroxylation sites is 1. The Bertz CT molecular complexity index is 579. The van der Waals surface area contributed by atoms with Crippen LogP contribution in [0.1, 0.15) is 36.7 Å². The summed E-state index contributed by atoms with van der Waals surface area (Å²) in [6, 6.07) is 11.9. The van der Waals surface area contributed by atoms with Crippen molar-refractivity contribution in [1.82, 2.24) is 4.98 Å². The number of aryl methyl sites for hydroxylation is 1. The summed E-state index contributed by atoms with van der Waals surface area (Å²) in [7, 11) is 1.66. The molecule has 0 N–H and O–H groups in total. The smallest absolute Gasteiger partial charge is 0.130 e. The average molecular weight is 271 g/mol. The number of pyridine rings is 1. The summed E-state index contributed by atoms with van der Waals surface area (Å²) in [6.07, 6.45) is 0. The first-order valence-corrected chi connectivity index (χ1v) is 6.83. The van der Waals surface area contributed by atoms with E-state index in [0.717, 1.165) is 22.9 Å². The molecule has 0 unspecified atom stereocenters. The number of rotatable bonds is 5. The molecule has 2 aromatic rings. The molecule has 0 fully saturated rings. The fourth-order valence-electron chi connectivity index (χ4n) is 2.14. The molecule has 0 radical (unpaired) electrons. The third-order valence-electron chi connectivity index (χ3n) is 3.13. The molecule has 2 rings (SSSR count). The fraction of sp³-hybridized carbons (Fsp3) is 0.353. The highest BCUT2D eigenvalue weighted by Gasteiger charge is 2.08. The molecule has 0 amide bonds. The number of aromatic nitrogens is 1. The molecule has 1 aromatic carbocycles. The van der Waals surface area contributed by atoms with Gasteiger partial charge in [-0.05, 0) is 24.5 Å². The summed E-state index contributed by atoms with van der Waals surface area (Å²) in [5.41, 5.74) is 3.02. The van der Waals surface area contributed by atoms with E-state index in [1.54, 1.807) is 7.11 Å². The minimum absolute atomic E-state index is 0.436. The van der Waals surface area contributed by atoms with Crippen LogP contribution in [0.2, 0.25) is 0 Å². The third kappa shape index (κ3) is 3.50. The second-order valence-corrected chi connectivity index (χ2v) is 5.12. The van der Waals surface area contributed by atoms with Crippen molar-refractivity contribution in [2.45, 2.75) is 33.3 Å². The lowest BCUT2D eigenvalue weighted by atomic mass is 10.0. The minimum atomic E-state index is 0.436. The van der Waals surface area contributed by atoms with Crippen LogP contribution in [-0.4, -0.2) is 12.1 Å². The Morgan fingerprint density at radius 1 is 1.15 bits per heavy atom. The quantitative estimate of drug-likeness (QED) is 0.820. The Morgan fingerprint density at radius 3 is 2.60 bits per heavy atom. The van der Waals surface area contributed by atoms with Gasteiger partial charge in [0.05, 0.1) is 12.8 Å². The van der Waals surface area contributed by atoms with Gasteiger partial charge in [-0.3, -0.25) is 4.98 Å². The molecule has 106 valence electrons. The van der Waals surface area contributed by atoms with Crippen LogP contribution in [0.4, 0.5) is 0 Å². The van der Waals surface area contributed by atoms with Gasteiger partial charge in [0.2, 0.25) is 0 Å². The Kier molecular flexibility index (Phi) is 4.61. The zero-order chi connectivity index (χ0) is 14.5. The second kappa shape index (κ2) is 6.42. The van der Waals surface area contributed by atoms with Crippen molar-refractivity contribution in [2.75, 3.05) is 7.11 Å². The van der Waals surface area contributed by atoms with Crippen LogP contribution in [-0.2, 0) is 6.61 Å². The molecule has 0 spiro atoms. The van der Waals surface area contributed by atoms with E-state index < -0.39 is 0 Å². The number of hydrogen-bond acceptors (Lipinski definition) is 3. The van der Waals surface area contributed by atoms with Crippen molar-refractivity contribution in [2.24, 2.45) is 0 Å².